The first kappa shape index (κ1) is 20.9. The second kappa shape index (κ2) is 9.56. The van der Waals surface area contributed by atoms with E-state index in [4.69, 9.17) is 4.98 Å². The minimum Gasteiger partial charge on any atom is -0.341 e. The third kappa shape index (κ3) is 4.57. The molecule has 1 aliphatic carbocycles. The lowest BCUT2D eigenvalue weighted by molar-refractivity contribution is -0.117. The van der Waals surface area contributed by atoms with Crippen LogP contribution in [0.1, 0.15) is 49.5 Å². The zero-order valence-electron chi connectivity index (χ0n) is 16.3. The molecule has 3 amide bonds. The van der Waals surface area contributed by atoms with Crippen molar-refractivity contribution in [3.05, 3.63) is 20.8 Å². The van der Waals surface area contributed by atoms with Crippen molar-refractivity contribution in [2.75, 3.05) is 12.8 Å². The highest BCUT2D eigenvalue weighted by molar-refractivity contribution is 7.99. The van der Waals surface area contributed by atoms with Crippen molar-refractivity contribution in [1.29, 1.82) is 0 Å². The summed E-state index contributed by atoms with van der Waals surface area (Å²) in [5, 5.41) is 5.92. The Kier molecular flexibility index (Phi) is 7.12. The molecule has 0 unspecified atom stereocenters. The fraction of sp³-hybridized carbons (Fsp3) is 0.579. The average molecular weight is 423 g/mol. The van der Waals surface area contributed by atoms with Crippen molar-refractivity contribution in [2.45, 2.75) is 63.6 Å². The van der Waals surface area contributed by atoms with Crippen LogP contribution in [0.25, 0.3) is 10.2 Å². The molecule has 3 rings (SSSR count). The van der Waals surface area contributed by atoms with E-state index in [-0.39, 0.29) is 11.3 Å². The van der Waals surface area contributed by atoms with Gasteiger partial charge < -0.3 is 5.32 Å². The Morgan fingerprint density at radius 3 is 2.82 bits per heavy atom. The van der Waals surface area contributed by atoms with Crippen molar-refractivity contribution >= 4 is 45.3 Å². The number of nitrogens with zero attached hydrogens (tertiary/aromatic N) is 2. The molecule has 0 atom stereocenters. The first-order chi connectivity index (χ1) is 13.5. The number of hydrogen-bond donors (Lipinski definition) is 2. The highest BCUT2D eigenvalue weighted by Crippen LogP contribution is 2.35. The number of aromatic nitrogens is 2. The molecular weight excluding hydrogens is 396 g/mol. The van der Waals surface area contributed by atoms with E-state index in [1.54, 1.807) is 15.9 Å². The Labute approximate surface area is 172 Å². The van der Waals surface area contributed by atoms with Crippen molar-refractivity contribution in [3.8, 4) is 0 Å². The summed E-state index contributed by atoms with van der Waals surface area (Å²) in [4.78, 5) is 43.3. The summed E-state index contributed by atoms with van der Waals surface area (Å²) in [5.74, 6) is -0.379. The quantitative estimate of drug-likeness (QED) is 0.387. The van der Waals surface area contributed by atoms with E-state index in [0.717, 1.165) is 55.2 Å². The lowest BCUT2D eigenvalue weighted by Gasteiger charge is -2.12. The van der Waals surface area contributed by atoms with Gasteiger partial charge in [-0.15, -0.1) is 11.3 Å². The molecule has 0 spiro atoms. The molecule has 1 aliphatic rings. The van der Waals surface area contributed by atoms with Crippen molar-refractivity contribution in [1.82, 2.24) is 20.2 Å². The molecule has 0 radical (unpaired) electrons. The SMILES string of the molecule is CCCCCCn1c(SCC(=O)NC(=O)NC)nc2sc3c(c2c1=O)CCC3. The molecule has 2 heterocycles. The third-order valence-corrected chi connectivity index (χ3v) is 7.00. The van der Waals surface area contributed by atoms with E-state index in [2.05, 4.69) is 17.6 Å². The number of unbranched alkanes of at least 4 members (excludes halogenated alkanes) is 3. The number of aryl methyl sites for hydroxylation is 2. The van der Waals surface area contributed by atoms with Crippen LogP contribution in [0, 0.1) is 0 Å². The maximum absolute atomic E-state index is 13.3. The number of thiophene rings is 1. The van der Waals surface area contributed by atoms with Crippen LogP contribution in [-0.4, -0.2) is 34.3 Å². The van der Waals surface area contributed by atoms with Gasteiger partial charge in [0.2, 0.25) is 5.91 Å². The monoisotopic (exact) mass is 422 g/mol. The van der Waals surface area contributed by atoms with Gasteiger partial charge in [0, 0.05) is 18.5 Å². The summed E-state index contributed by atoms with van der Waals surface area (Å²) in [6.07, 6.45) is 7.30. The Morgan fingerprint density at radius 2 is 2.07 bits per heavy atom. The average Bonchev–Trinajstić information content (AvgIpc) is 3.25. The lowest BCUT2D eigenvalue weighted by atomic mass is 10.2. The molecule has 9 heteroatoms. The van der Waals surface area contributed by atoms with Crippen molar-refractivity contribution in [3.63, 3.8) is 0 Å². The number of nitrogens with one attached hydrogen (secondary N) is 2. The Morgan fingerprint density at radius 1 is 1.25 bits per heavy atom. The maximum Gasteiger partial charge on any atom is 0.321 e. The van der Waals surface area contributed by atoms with Crippen molar-refractivity contribution < 1.29 is 9.59 Å². The van der Waals surface area contributed by atoms with Gasteiger partial charge >= 0.3 is 6.03 Å². The lowest BCUT2D eigenvalue weighted by Crippen LogP contribution is -2.38. The van der Waals surface area contributed by atoms with Gasteiger partial charge in [-0.1, -0.05) is 37.9 Å². The molecule has 0 saturated carbocycles. The second-order valence-corrected chi connectivity index (χ2v) is 8.89. The predicted molar refractivity (Wildman–Crippen MR) is 113 cm³/mol. The van der Waals surface area contributed by atoms with Gasteiger partial charge in [0.25, 0.3) is 5.56 Å². The van der Waals surface area contributed by atoms with Crippen molar-refractivity contribution in [2.24, 2.45) is 0 Å². The standard InChI is InChI=1S/C19H26N4O3S2/c1-3-4-5-6-10-23-17(25)15-12-8-7-9-13(12)28-16(15)22-19(23)27-11-14(24)21-18(26)20-2/h3-11H2,1-2H3,(H2,20,21,24,26). The van der Waals surface area contributed by atoms with Gasteiger partial charge in [0.1, 0.15) is 4.83 Å². The molecular formula is C19H26N4O3S2. The summed E-state index contributed by atoms with van der Waals surface area (Å²) in [5.41, 5.74) is 1.18. The molecule has 0 aliphatic heterocycles. The third-order valence-electron chi connectivity index (χ3n) is 4.84. The molecule has 2 aromatic rings. The number of urea groups is 1. The first-order valence-corrected chi connectivity index (χ1v) is 11.5. The van der Waals surface area contributed by atoms with Crippen LogP contribution in [0.5, 0.6) is 0 Å². The fourth-order valence-electron chi connectivity index (χ4n) is 3.42. The van der Waals surface area contributed by atoms with Gasteiger partial charge in [-0.3, -0.25) is 19.5 Å². The van der Waals surface area contributed by atoms with Crippen LogP contribution in [0.4, 0.5) is 4.79 Å². The number of fused-ring (bicyclic) bond motifs is 3. The van der Waals surface area contributed by atoms with Gasteiger partial charge in [0.05, 0.1) is 11.1 Å². The number of rotatable bonds is 8. The number of imide groups is 1. The van der Waals surface area contributed by atoms with Gasteiger partial charge in [-0.25, -0.2) is 9.78 Å². The summed E-state index contributed by atoms with van der Waals surface area (Å²) in [6, 6.07) is -0.541. The number of carbonyl (C=O) groups excluding carboxylic acids is 2. The Balaban J connectivity index is 1.87. The number of hydrogen-bond acceptors (Lipinski definition) is 6. The summed E-state index contributed by atoms with van der Waals surface area (Å²) < 4.78 is 1.72. The van der Waals surface area contributed by atoms with E-state index < -0.39 is 11.9 Å². The molecule has 7 nitrogen and oxygen atoms in total. The Bertz CT molecular complexity index is 935. The zero-order valence-corrected chi connectivity index (χ0v) is 17.9. The van der Waals surface area contributed by atoms with Crippen LogP contribution < -0.4 is 16.2 Å². The van der Waals surface area contributed by atoms with Crippen LogP contribution in [-0.2, 0) is 24.2 Å². The molecule has 28 heavy (non-hydrogen) atoms. The highest BCUT2D eigenvalue weighted by atomic mass is 32.2. The van der Waals surface area contributed by atoms with E-state index in [9.17, 15) is 14.4 Å². The minimum atomic E-state index is -0.541. The fourth-order valence-corrected chi connectivity index (χ4v) is 5.55. The normalized spacial score (nSPS) is 12.9. The van der Waals surface area contributed by atoms with E-state index in [0.29, 0.717) is 11.7 Å². The van der Waals surface area contributed by atoms with E-state index in [1.165, 1.54) is 29.3 Å². The maximum atomic E-state index is 13.3. The molecule has 0 saturated heterocycles. The molecule has 2 N–H and O–H groups in total. The number of thioether (sulfide) groups is 1. The zero-order chi connectivity index (χ0) is 20.1. The van der Waals surface area contributed by atoms with Gasteiger partial charge in [-0.2, -0.15) is 0 Å². The van der Waals surface area contributed by atoms with Crippen LogP contribution in [0.3, 0.4) is 0 Å². The molecule has 2 aromatic heterocycles. The van der Waals surface area contributed by atoms with Crippen LogP contribution >= 0.6 is 23.1 Å². The van der Waals surface area contributed by atoms with Crippen LogP contribution in [0.2, 0.25) is 0 Å². The molecule has 0 fully saturated rings. The summed E-state index contributed by atoms with van der Waals surface area (Å²) >= 11 is 2.81. The minimum absolute atomic E-state index is 0.00936. The summed E-state index contributed by atoms with van der Waals surface area (Å²) in [7, 11) is 1.45. The Hall–Kier alpha value is -1.87. The van der Waals surface area contributed by atoms with E-state index in [1.807, 2.05) is 0 Å². The highest BCUT2D eigenvalue weighted by Gasteiger charge is 2.23. The summed E-state index contributed by atoms with van der Waals surface area (Å²) in [6.45, 7) is 2.76. The predicted octanol–water partition coefficient (Wildman–Crippen LogP) is 3.07. The number of amides is 3. The molecule has 0 bridgehead atoms. The topological polar surface area (TPSA) is 93.1 Å². The first-order valence-electron chi connectivity index (χ1n) is 9.74. The largest absolute Gasteiger partial charge is 0.341 e. The smallest absolute Gasteiger partial charge is 0.321 e. The second-order valence-electron chi connectivity index (χ2n) is 6.87. The van der Waals surface area contributed by atoms with E-state index >= 15 is 0 Å². The van der Waals surface area contributed by atoms with Crippen LogP contribution in [0.15, 0.2) is 9.95 Å². The van der Waals surface area contributed by atoms with Gasteiger partial charge in [-0.05, 0) is 31.2 Å². The number of carbonyl (C=O) groups is 2. The molecule has 0 aromatic carbocycles. The van der Waals surface area contributed by atoms with Gasteiger partial charge in [0.15, 0.2) is 5.16 Å². The molecule has 152 valence electrons.